The number of amides is 2. The zero-order chi connectivity index (χ0) is 9.84. The van der Waals surface area contributed by atoms with Gasteiger partial charge in [-0.05, 0) is 12.8 Å². The van der Waals surface area contributed by atoms with Crippen molar-refractivity contribution in [1.82, 2.24) is 10.2 Å². The average Bonchev–Trinajstić information content (AvgIpc) is 2.86. The van der Waals surface area contributed by atoms with Crippen LogP contribution in [0.25, 0.3) is 0 Å². The first kappa shape index (κ1) is 10.4. The van der Waals surface area contributed by atoms with Crippen LogP contribution in [0.15, 0.2) is 0 Å². The Morgan fingerprint density at radius 2 is 2.15 bits per heavy atom. The Morgan fingerprint density at radius 1 is 1.54 bits per heavy atom. The van der Waals surface area contributed by atoms with Crippen LogP contribution < -0.4 is 5.32 Å². The van der Waals surface area contributed by atoms with Crippen LogP contribution in [-0.2, 0) is 9.59 Å². The van der Waals surface area contributed by atoms with Gasteiger partial charge in [-0.15, -0.1) is 0 Å². The first-order valence-corrected chi connectivity index (χ1v) is 4.91. The molecule has 1 fully saturated rings. The molecule has 0 radical (unpaired) electrons. The topological polar surface area (TPSA) is 49.4 Å². The fourth-order valence-electron chi connectivity index (χ4n) is 0.925. The highest BCUT2D eigenvalue weighted by Crippen LogP contribution is 2.18. The van der Waals surface area contributed by atoms with Gasteiger partial charge in [-0.2, -0.15) is 12.6 Å². The van der Waals surface area contributed by atoms with E-state index in [1.165, 1.54) is 4.90 Å². The van der Waals surface area contributed by atoms with Gasteiger partial charge in [-0.1, -0.05) is 0 Å². The van der Waals surface area contributed by atoms with E-state index in [2.05, 4.69) is 17.9 Å². The average molecular weight is 202 g/mol. The van der Waals surface area contributed by atoms with Crippen molar-refractivity contribution in [2.75, 3.05) is 19.3 Å². The normalized spacial score (nSPS) is 15.2. The van der Waals surface area contributed by atoms with Gasteiger partial charge in [0.05, 0.1) is 12.3 Å². The number of carbonyl (C=O) groups is 2. The second-order valence-corrected chi connectivity index (χ2v) is 3.57. The van der Waals surface area contributed by atoms with Crippen molar-refractivity contribution in [2.24, 2.45) is 0 Å². The minimum atomic E-state index is -0.130. The first-order chi connectivity index (χ1) is 6.13. The van der Waals surface area contributed by atoms with E-state index in [4.69, 9.17) is 0 Å². The molecule has 74 valence electrons. The monoisotopic (exact) mass is 202 g/mol. The van der Waals surface area contributed by atoms with Crippen LogP contribution in [0.3, 0.4) is 0 Å². The minimum Gasteiger partial charge on any atom is -0.352 e. The number of hydrogen-bond donors (Lipinski definition) is 2. The molecular formula is C8H14N2O2S. The molecule has 1 N–H and O–H groups in total. The lowest BCUT2D eigenvalue weighted by molar-refractivity contribution is -0.132. The number of carbonyl (C=O) groups excluding carboxylic acids is 2. The molecule has 13 heavy (non-hydrogen) atoms. The second-order valence-electron chi connectivity index (χ2n) is 3.25. The summed E-state index contributed by atoms with van der Waals surface area (Å²) >= 11 is 3.84. The molecule has 0 heterocycles. The fourth-order valence-corrected chi connectivity index (χ4v) is 1.17. The van der Waals surface area contributed by atoms with Gasteiger partial charge >= 0.3 is 0 Å². The molecule has 1 aliphatic carbocycles. The van der Waals surface area contributed by atoms with Crippen molar-refractivity contribution >= 4 is 24.4 Å². The van der Waals surface area contributed by atoms with E-state index >= 15 is 0 Å². The standard InChI is InChI=1S/C8H14N2O2S/c1-10(8(12)5-13)4-7(11)9-6-2-3-6/h6,13H,2-5H2,1H3,(H,9,11). The minimum absolute atomic E-state index is 0.0832. The Labute approximate surface area is 83.1 Å². The van der Waals surface area contributed by atoms with E-state index in [0.29, 0.717) is 6.04 Å². The predicted octanol–water partition coefficient (Wildman–Crippen LogP) is -0.347. The molecule has 2 amide bonds. The summed E-state index contributed by atoms with van der Waals surface area (Å²) in [5.41, 5.74) is 0. The molecule has 0 aromatic carbocycles. The van der Waals surface area contributed by atoms with Crippen molar-refractivity contribution in [2.45, 2.75) is 18.9 Å². The van der Waals surface area contributed by atoms with Gasteiger partial charge < -0.3 is 10.2 Å². The Morgan fingerprint density at radius 3 is 2.62 bits per heavy atom. The zero-order valence-corrected chi connectivity index (χ0v) is 8.51. The fraction of sp³-hybridized carbons (Fsp3) is 0.750. The Bertz CT molecular complexity index is 216. The largest absolute Gasteiger partial charge is 0.352 e. The molecule has 0 aromatic heterocycles. The Hall–Kier alpha value is -0.710. The second kappa shape index (κ2) is 4.50. The maximum Gasteiger partial charge on any atom is 0.239 e. The first-order valence-electron chi connectivity index (χ1n) is 4.27. The van der Waals surface area contributed by atoms with E-state index in [0.717, 1.165) is 12.8 Å². The maximum atomic E-state index is 11.2. The van der Waals surface area contributed by atoms with Gasteiger partial charge in [-0.25, -0.2) is 0 Å². The summed E-state index contributed by atoms with van der Waals surface area (Å²) in [6.45, 7) is 0.135. The lowest BCUT2D eigenvalue weighted by atomic mass is 10.5. The lowest BCUT2D eigenvalue weighted by Gasteiger charge is -2.15. The molecular weight excluding hydrogens is 188 g/mol. The third-order valence-corrected chi connectivity index (χ3v) is 2.15. The molecule has 0 aromatic rings. The summed E-state index contributed by atoms with van der Waals surface area (Å²) < 4.78 is 0. The van der Waals surface area contributed by atoms with Gasteiger partial charge in [0.25, 0.3) is 0 Å². The van der Waals surface area contributed by atoms with Gasteiger partial charge in [0.2, 0.25) is 11.8 Å². The molecule has 0 atom stereocenters. The molecule has 0 unspecified atom stereocenters. The zero-order valence-electron chi connectivity index (χ0n) is 7.62. The van der Waals surface area contributed by atoms with Crippen LogP contribution in [-0.4, -0.2) is 42.1 Å². The van der Waals surface area contributed by atoms with Gasteiger partial charge in [0, 0.05) is 13.1 Å². The van der Waals surface area contributed by atoms with E-state index in [1.807, 2.05) is 0 Å². The third-order valence-electron chi connectivity index (χ3n) is 1.88. The van der Waals surface area contributed by atoms with Crippen molar-refractivity contribution < 1.29 is 9.59 Å². The van der Waals surface area contributed by atoms with Crippen molar-refractivity contribution in [3.63, 3.8) is 0 Å². The van der Waals surface area contributed by atoms with Crippen LogP contribution >= 0.6 is 12.6 Å². The Kier molecular flexibility index (Phi) is 3.59. The van der Waals surface area contributed by atoms with Crippen LogP contribution in [0.5, 0.6) is 0 Å². The molecule has 0 bridgehead atoms. The number of hydrogen-bond acceptors (Lipinski definition) is 3. The van der Waals surface area contributed by atoms with Gasteiger partial charge in [-0.3, -0.25) is 9.59 Å². The Balaban J connectivity index is 2.21. The highest BCUT2D eigenvalue weighted by atomic mass is 32.1. The van der Waals surface area contributed by atoms with Gasteiger partial charge in [0.15, 0.2) is 0 Å². The summed E-state index contributed by atoms with van der Waals surface area (Å²) in [4.78, 5) is 23.6. The summed E-state index contributed by atoms with van der Waals surface area (Å²) in [6.07, 6.45) is 2.13. The smallest absolute Gasteiger partial charge is 0.239 e. The number of likely N-dealkylation sites (N-methyl/N-ethyl adjacent to an activating group) is 1. The SMILES string of the molecule is CN(CC(=O)NC1CC1)C(=O)CS. The molecule has 1 rings (SSSR count). The number of thiol groups is 1. The lowest BCUT2D eigenvalue weighted by Crippen LogP contribution is -2.39. The molecule has 1 saturated carbocycles. The van der Waals surface area contributed by atoms with Crippen molar-refractivity contribution in [3.05, 3.63) is 0 Å². The summed E-state index contributed by atoms with van der Waals surface area (Å²) in [6, 6.07) is 0.354. The number of rotatable bonds is 4. The van der Waals surface area contributed by atoms with Crippen LogP contribution in [0.2, 0.25) is 0 Å². The van der Waals surface area contributed by atoms with E-state index < -0.39 is 0 Å². The van der Waals surface area contributed by atoms with Crippen LogP contribution in [0, 0.1) is 0 Å². The number of nitrogens with one attached hydrogen (secondary N) is 1. The van der Waals surface area contributed by atoms with Gasteiger partial charge in [0.1, 0.15) is 0 Å². The van der Waals surface area contributed by atoms with Crippen LogP contribution in [0.1, 0.15) is 12.8 Å². The molecule has 0 saturated heterocycles. The van der Waals surface area contributed by atoms with E-state index in [-0.39, 0.29) is 24.1 Å². The molecule has 0 aliphatic heterocycles. The predicted molar refractivity (Wildman–Crippen MR) is 52.7 cm³/mol. The highest BCUT2D eigenvalue weighted by Gasteiger charge is 2.23. The quantitative estimate of drug-likeness (QED) is 0.612. The maximum absolute atomic E-state index is 11.2. The van der Waals surface area contributed by atoms with Crippen LogP contribution in [0.4, 0.5) is 0 Å². The third kappa shape index (κ3) is 3.67. The molecule has 4 nitrogen and oxygen atoms in total. The van der Waals surface area contributed by atoms with Crippen molar-refractivity contribution in [1.29, 1.82) is 0 Å². The van der Waals surface area contributed by atoms with E-state index in [9.17, 15) is 9.59 Å². The van der Waals surface area contributed by atoms with Crippen molar-refractivity contribution in [3.8, 4) is 0 Å². The summed E-state index contributed by atoms with van der Waals surface area (Å²) in [5, 5.41) is 2.81. The van der Waals surface area contributed by atoms with E-state index in [1.54, 1.807) is 7.05 Å². The summed E-state index contributed by atoms with van der Waals surface area (Å²) in [5.74, 6) is -0.0675. The molecule has 1 aliphatic rings. The number of nitrogens with zero attached hydrogens (tertiary/aromatic N) is 1. The highest BCUT2D eigenvalue weighted by molar-refractivity contribution is 7.81. The molecule has 5 heteroatoms. The molecule has 0 spiro atoms. The summed E-state index contributed by atoms with van der Waals surface area (Å²) in [7, 11) is 1.60.